The number of sulfonamides is 1. The predicted molar refractivity (Wildman–Crippen MR) is 107 cm³/mol. The fourth-order valence-electron chi connectivity index (χ4n) is 2.81. The van der Waals surface area contributed by atoms with Crippen LogP contribution in [0.1, 0.15) is 28.9 Å². The zero-order valence-electron chi connectivity index (χ0n) is 14.7. The van der Waals surface area contributed by atoms with E-state index in [0.717, 1.165) is 0 Å². The molecule has 144 valence electrons. The number of anilines is 2. The zero-order valence-corrected chi connectivity index (χ0v) is 16.3. The smallest absolute Gasteiger partial charge is 0.261 e. The van der Waals surface area contributed by atoms with Crippen LogP contribution in [-0.2, 0) is 14.8 Å². The molecule has 0 spiro atoms. The molecule has 0 radical (unpaired) electrons. The Labute approximate surface area is 162 Å². The van der Waals surface area contributed by atoms with Crippen LogP contribution in [-0.4, -0.2) is 39.1 Å². The van der Waals surface area contributed by atoms with Crippen LogP contribution in [0.4, 0.5) is 11.4 Å². The minimum Gasteiger partial charge on any atom is -0.351 e. The second kappa shape index (κ2) is 8.53. The van der Waals surface area contributed by atoms with E-state index in [2.05, 4.69) is 10.6 Å². The average Bonchev–Trinajstić information content (AvgIpc) is 3.29. The standard InChI is InChI=1S/C18H21N3O4S2/c22-17(5-1-10-19-18(23)16-4-2-12-26-16)20-14-6-8-15(9-7-14)21-11-3-13-27(21,24)25/h2,4,6-9,12H,1,3,5,10-11,13H2,(H,19,23)(H,20,22). The molecule has 0 saturated carbocycles. The lowest BCUT2D eigenvalue weighted by molar-refractivity contribution is -0.116. The average molecular weight is 408 g/mol. The lowest BCUT2D eigenvalue weighted by Crippen LogP contribution is -2.25. The van der Waals surface area contributed by atoms with Crippen LogP contribution >= 0.6 is 11.3 Å². The van der Waals surface area contributed by atoms with Crippen LogP contribution in [0.25, 0.3) is 0 Å². The Balaban J connectivity index is 1.42. The van der Waals surface area contributed by atoms with Gasteiger partial charge in [0.25, 0.3) is 5.91 Å². The molecule has 2 N–H and O–H groups in total. The van der Waals surface area contributed by atoms with Gasteiger partial charge in [0.1, 0.15) is 0 Å². The van der Waals surface area contributed by atoms with E-state index in [1.807, 2.05) is 11.4 Å². The highest BCUT2D eigenvalue weighted by Crippen LogP contribution is 2.25. The molecule has 2 heterocycles. The topological polar surface area (TPSA) is 95.6 Å². The summed E-state index contributed by atoms with van der Waals surface area (Å²) in [6.45, 7) is 0.918. The molecule has 2 aromatic rings. The third kappa shape index (κ3) is 5.08. The Morgan fingerprint density at radius 1 is 1.15 bits per heavy atom. The highest BCUT2D eigenvalue weighted by Gasteiger charge is 2.28. The fourth-order valence-corrected chi connectivity index (χ4v) is 5.01. The van der Waals surface area contributed by atoms with E-state index in [4.69, 9.17) is 0 Å². The number of hydrogen-bond acceptors (Lipinski definition) is 5. The number of nitrogens with one attached hydrogen (secondary N) is 2. The van der Waals surface area contributed by atoms with Crippen molar-refractivity contribution in [1.29, 1.82) is 0 Å². The number of hydrogen-bond donors (Lipinski definition) is 2. The van der Waals surface area contributed by atoms with Crippen LogP contribution in [0.3, 0.4) is 0 Å². The minimum absolute atomic E-state index is 0.127. The molecule has 27 heavy (non-hydrogen) atoms. The quantitative estimate of drug-likeness (QED) is 0.689. The first-order valence-electron chi connectivity index (χ1n) is 8.68. The first kappa shape index (κ1) is 19.4. The van der Waals surface area contributed by atoms with Crippen molar-refractivity contribution < 1.29 is 18.0 Å². The Bertz CT molecular complexity index is 893. The normalized spacial score (nSPS) is 15.5. The van der Waals surface area contributed by atoms with Crippen LogP contribution in [0, 0.1) is 0 Å². The first-order valence-corrected chi connectivity index (χ1v) is 11.2. The van der Waals surface area contributed by atoms with Gasteiger partial charge in [0.15, 0.2) is 0 Å². The van der Waals surface area contributed by atoms with Crippen molar-refractivity contribution in [1.82, 2.24) is 5.32 Å². The molecule has 0 atom stereocenters. The summed E-state index contributed by atoms with van der Waals surface area (Å²) in [6, 6.07) is 10.3. The highest BCUT2D eigenvalue weighted by atomic mass is 32.2. The molecule has 1 fully saturated rings. The first-order chi connectivity index (χ1) is 13.0. The van der Waals surface area contributed by atoms with Crippen molar-refractivity contribution in [2.75, 3.05) is 28.5 Å². The van der Waals surface area contributed by atoms with Gasteiger partial charge in [-0.2, -0.15) is 0 Å². The maximum atomic E-state index is 12.0. The number of rotatable bonds is 7. The van der Waals surface area contributed by atoms with Gasteiger partial charge in [0.05, 0.1) is 16.3 Å². The molecule has 1 aliphatic heterocycles. The van der Waals surface area contributed by atoms with Gasteiger partial charge >= 0.3 is 0 Å². The van der Waals surface area contributed by atoms with E-state index in [-0.39, 0.29) is 24.0 Å². The number of benzene rings is 1. The summed E-state index contributed by atoms with van der Waals surface area (Å²) in [7, 11) is -3.20. The van der Waals surface area contributed by atoms with Gasteiger partial charge in [-0.1, -0.05) is 6.07 Å². The maximum Gasteiger partial charge on any atom is 0.261 e. The Hall–Kier alpha value is -2.39. The fraction of sp³-hybridized carbons (Fsp3) is 0.333. The number of nitrogens with zero attached hydrogens (tertiary/aromatic N) is 1. The van der Waals surface area contributed by atoms with Crippen LogP contribution in [0.15, 0.2) is 41.8 Å². The van der Waals surface area contributed by atoms with E-state index in [9.17, 15) is 18.0 Å². The molecule has 1 aromatic heterocycles. The molecule has 0 aliphatic carbocycles. The molecular weight excluding hydrogens is 386 g/mol. The molecular formula is C18H21N3O4S2. The summed E-state index contributed by atoms with van der Waals surface area (Å²) >= 11 is 1.37. The Morgan fingerprint density at radius 3 is 2.56 bits per heavy atom. The van der Waals surface area contributed by atoms with Crippen LogP contribution in [0.5, 0.6) is 0 Å². The predicted octanol–water partition coefficient (Wildman–Crippen LogP) is 2.44. The third-order valence-corrected chi connectivity index (χ3v) is 6.89. The minimum atomic E-state index is -3.20. The van der Waals surface area contributed by atoms with Crippen molar-refractivity contribution in [2.45, 2.75) is 19.3 Å². The summed E-state index contributed by atoms with van der Waals surface area (Å²) in [5.74, 6) is -0.103. The van der Waals surface area contributed by atoms with Crippen molar-refractivity contribution in [2.24, 2.45) is 0 Å². The SMILES string of the molecule is O=C(CCCNC(=O)c1cccs1)Nc1ccc(N2CCCS2(=O)=O)cc1. The third-order valence-electron chi connectivity index (χ3n) is 4.15. The van der Waals surface area contributed by atoms with Crippen LogP contribution < -0.4 is 14.9 Å². The van der Waals surface area contributed by atoms with Gasteiger partial charge in [-0.25, -0.2) is 8.42 Å². The molecule has 0 unspecified atom stereocenters. The van der Waals surface area contributed by atoms with Gasteiger partial charge in [-0.05, 0) is 48.6 Å². The van der Waals surface area contributed by atoms with Crippen molar-refractivity contribution >= 4 is 44.5 Å². The number of carbonyl (C=O) groups is 2. The summed E-state index contributed by atoms with van der Waals surface area (Å²) in [4.78, 5) is 24.4. The van der Waals surface area contributed by atoms with E-state index in [1.54, 1.807) is 30.3 Å². The summed E-state index contributed by atoms with van der Waals surface area (Å²) in [6.07, 6.45) is 1.45. The molecule has 9 heteroatoms. The summed E-state index contributed by atoms with van der Waals surface area (Å²) in [5, 5.41) is 7.40. The molecule has 1 saturated heterocycles. The molecule has 2 amide bonds. The number of thiophene rings is 1. The largest absolute Gasteiger partial charge is 0.351 e. The van der Waals surface area contributed by atoms with Crippen LogP contribution in [0.2, 0.25) is 0 Å². The van der Waals surface area contributed by atoms with E-state index >= 15 is 0 Å². The number of carbonyl (C=O) groups excluding carboxylic acids is 2. The monoisotopic (exact) mass is 407 g/mol. The number of amides is 2. The summed E-state index contributed by atoms with van der Waals surface area (Å²) < 4.78 is 25.2. The lowest BCUT2D eigenvalue weighted by atomic mass is 10.2. The van der Waals surface area contributed by atoms with Gasteiger partial charge in [-0.3, -0.25) is 13.9 Å². The molecule has 7 nitrogen and oxygen atoms in total. The molecule has 3 rings (SSSR count). The second-order valence-electron chi connectivity index (χ2n) is 6.17. The Morgan fingerprint density at radius 2 is 1.93 bits per heavy atom. The molecule has 1 aliphatic rings. The van der Waals surface area contributed by atoms with E-state index in [1.165, 1.54) is 15.6 Å². The van der Waals surface area contributed by atoms with Gasteiger partial charge in [0.2, 0.25) is 15.9 Å². The maximum absolute atomic E-state index is 12.0. The van der Waals surface area contributed by atoms with E-state index < -0.39 is 10.0 Å². The molecule has 0 bridgehead atoms. The van der Waals surface area contributed by atoms with Crippen molar-refractivity contribution in [3.05, 3.63) is 46.7 Å². The summed E-state index contributed by atoms with van der Waals surface area (Å²) in [5.41, 5.74) is 1.23. The van der Waals surface area contributed by atoms with E-state index in [0.29, 0.717) is 42.2 Å². The van der Waals surface area contributed by atoms with Gasteiger partial charge < -0.3 is 10.6 Å². The zero-order chi connectivity index (χ0) is 19.3. The Kier molecular flexibility index (Phi) is 6.12. The second-order valence-corrected chi connectivity index (χ2v) is 9.13. The lowest BCUT2D eigenvalue weighted by Gasteiger charge is -2.17. The van der Waals surface area contributed by atoms with Gasteiger partial charge in [0, 0.05) is 25.2 Å². The van der Waals surface area contributed by atoms with Gasteiger partial charge in [-0.15, -0.1) is 11.3 Å². The van der Waals surface area contributed by atoms with Crippen molar-refractivity contribution in [3.8, 4) is 0 Å². The molecule has 1 aromatic carbocycles. The van der Waals surface area contributed by atoms with Crippen molar-refractivity contribution in [3.63, 3.8) is 0 Å². The highest BCUT2D eigenvalue weighted by molar-refractivity contribution is 7.93.